The van der Waals surface area contributed by atoms with E-state index in [0.29, 0.717) is 11.2 Å². The molecule has 0 saturated carbocycles. The number of phenolic OH excluding ortho intramolecular Hbond substituents is 1. The van der Waals surface area contributed by atoms with Crippen molar-refractivity contribution >= 4 is 11.4 Å². The molecule has 3 aliphatic heterocycles. The van der Waals surface area contributed by atoms with Crippen LogP contribution in [-0.2, 0) is 6.42 Å². The quantitative estimate of drug-likeness (QED) is 0.518. The molecule has 0 amide bonds. The standard InChI is InChI=1S/C30H34FN3O/c31-24-3-7-26(8-4-24)34-18-11-23-21-27(35)9-10-28(23)29(34)22-1-5-25(6-2-22)33-19-14-30(15-20-33)12-16-32-17-13-30/h1-10,21,29,32,35H,11-20H2. The Balaban J connectivity index is 1.27. The number of fused-ring (bicyclic) bond motifs is 1. The molecule has 3 aliphatic rings. The molecule has 2 saturated heterocycles. The minimum atomic E-state index is -0.218. The van der Waals surface area contributed by atoms with Gasteiger partial charge in [0.05, 0.1) is 6.04 Å². The Kier molecular flexibility index (Phi) is 5.89. The molecule has 1 atom stereocenters. The number of rotatable bonds is 3. The average molecular weight is 472 g/mol. The second kappa shape index (κ2) is 9.19. The molecule has 2 N–H and O–H groups in total. The minimum Gasteiger partial charge on any atom is -0.508 e. The third kappa shape index (κ3) is 4.38. The van der Waals surface area contributed by atoms with E-state index in [0.717, 1.165) is 31.7 Å². The van der Waals surface area contributed by atoms with Gasteiger partial charge in [0.15, 0.2) is 0 Å². The van der Waals surface area contributed by atoms with Crippen molar-refractivity contribution in [1.29, 1.82) is 0 Å². The van der Waals surface area contributed by atoms with E-state index >= 15 is 0 Å². The summed E-state index contributed by atoms with van der Waals surface area (Å²) in [5.41, 5.74) is 6.47. The van der Waals surface area contributed by atoms with E-state index in [1.54, 1.807) is 6.07 Å². The summed E-state index contributed by atoms with van der Waals surface area (Å²) < 4.78 is 13.6. The van der Waals surface area contributed by atoms with Gasteiger partial charge in [-0.15, -0.1) is 0 Å². The van der Waals surface area contributed by atoms with E-state index in [1.165, 1.54) is 73.3 Å². The number of hydrogen-bond acceptors (Lipinski definition) is 4. The van der Waals surface area contributed by atoms with Gasteiger partial charge < -0.3 is 20.2 Å². The molecule has 2 fully saturated rings. The third-order valence-corrected chi connectivity index (χ3v) is 8.58. The van der Waals surface area contributed by atoms with Crippen LogP contribution in [0.15, 0.2) is 66.7 Å². The van der Waals surface area contributed by atoms with E-state index in [1.807, 2.05) is 24.3 Å². The van der Waals surface area contributed by atoms with Crippen molar-refractivity contribution in [2.75, 3.05) is 42.5 Å². The van der Waals surface area contributed by atoms with Gasteiger partial charge in [-0.05, 0) is 116 Å². The third-order valence-electron chi connectivity index (χ3n) is 8.58. The molecule has 0 aliphatic carbocycles. The zero-order valence-electron chi connectivity index (χ0n) is 20.2. The summed E-state index contributed by atoms with van der Waals surface area (Å²) in [4.78, 5) is 4.90. The predicted molar refractivity (Wildman–Crippen MR) is 140 cm³/mol. The lowest BCUT2D eigenvalue weighted by molar-refractivity contribution is 0.155. The molecular weight excluding hydrogens is 437 g/mol. The highest BCUT2D eigenvalue weighted by atomic mass is 19.1. The largest absolute Gasteiger partial charge is 0.508 e. The molecule has 0 aromatic heterocycles. The zero-order chi connectivity index (χ0) is 23.8. The van der Waals surface area contributed by atoms with Crippen molar-refractivity contribution in [3.8, 4) is 5.75 Å². The molecule has 0 bridgehead atoms. The summed E-state index contributed by atoms with van der Waals surface area (Å²) in [6, 6.07) is 21.6. The molecular formula is C30H34FN3O. The van der Waals surface area contributed by atoms with Gasteiger partial charge in [0, 0.05) is 31.0 Å². The zero-order valence-corrected chi connectivity index (χ0v) is 20.2. The highest BCUT2D eigenvalue weighted by molar-refractivity contribution is 5.58. The summed E-state index contributed by atoms with van der Waals surface area (Å²) in [5.74, 6) is 0.0921. The number of nitrogens with zero attached hydrogens (tertiary/aromatic N) is 2. The summed E-state index contributed by atoms with van der Waals surface area (Å²) in [7, 11) is 0. The smallest absolute Gasteiger partial charge is 0.123 e. The summed E-state index contributed by atoms with van der Waals surface area (Å²) in [5, 5.41) is 13.6. The Morgan fingerprint density at radius 3 is 2.20 bits per heavy atom. The topological polar surface area (TPSA) is 38.7 Å². The molecule has 0 radical (unpaired) electrons. The predicted octanol–water partition coefficient (Wildman–Crippen LogP) is 5.65. The Labute approximate surface area is 207 Å². The average Bonchev–Trinajstić information content (AvgIpc) is 2.90. The van der Waals surface area contributed by atoms with Crippen molar-refractivity contribution < 1.29 is 9.50 Å². The molecule has 35 heavy (non-hydrogen) atoms. The number of phenols is 1. The van der Waals surface area contributed by atoms with Crippen LogP contribution in [0.5, 0.6) is 5.75 Å². The normalized spacial score (nSPS) is 21.7. The number of nitrogens with one attached hydrogen (secondary N) is 1. The first-order chi connectivity index (χ1) is 17.1. The van der Waals surface area contributed by atoms with Gasteiger partial charge in [0.25, 0.3) is 0 Å². The van der Waals surface area contributed by atoms with Crippen molar-refractivity contribution in [3.63, 3.8) is 0 Å². The Morgan fingerprint density at radius 2 is 1.49 bits per heavy atom. The Morgan fingerprint density at radius 1 is 0.800 bits per heavy atom. The van der Waals surface area contributed by atoms with Gasteiger partial charge in [-0.25, -0.2) is 4.39 Å². The fourth-order valence-electron chi connectivity index (χ4n) is 6.45. The van der Waals surface area contributed by atoms with Gasteiger partial charge in [-0.3, -0.25) is 0 Å². The lowest BCUT2D eigenvalue weighted by atomic mass is 9.71. The molecule has 3 aromatic carbocycles. The van der Waals surface area contributed by atoms with Gasteiger partial charge in [-0.2, -0.15) is 0 Å². The van der Waals surface area contributed by atoms with Crippen LogP contribution in [0, 0.1) is 11.2 Å². The SMILES string of the molecule is Oc1ccc2c(c1)CCN(c1ccc(F)cc1)C2c1ccc(N2CCC3(CCNCC3)CC2)cc1. The maximum absolute atomic E-state index is 13.6. The first-order valence-corrected chi connectivity index (χ1v) is 13.0. The molecule has 182 valence electrons. The fraction of sp³-hybridized carbons (Fsp3) is 0.400. The summed E-state index contributed by atoms with van der Waals surface area (Å²) in [6.45, 7) is 5.41. The second-order valence-corrected chi connectivity index (χ2v) is 10.5. The summed E-state index contributed by atoms with van der Waals surface area (Å²) >= 11 is 0. The van der Waals surface area contributed by atoms with Crippen LogP contribution in [0.1, 0.15) is 48.4 Å². The lowest BCUT2D eigenvalue weighted by Gasteiger charge is -2.45. The minimum absolute atomic E-state index is 0.0261. The van der Waals surface area contributed by atoms with Crippen LogP contribution < -0.4 is 15.1 Å². The monoisotopic (exact) mass is 471 g/mol. The van der Waals surface area contributed by atoms with E-state index in [9.17, 15) is 9.50 Å². The molecule has 5 heteroatoms. The second-order valence-electron chi connectivity index (χ2n) is 10.5. The molecule has 3 aromatic rings. The van der Waals surface area contributed by atoms with E-state index in [2.05, 4.69) is 39.4 Å². The Bertz CT molecular complexity index is 1160. The highest BCUT2D eigenvalue weighted by Crippen LogP contribution is 2.42. The van der Waals surface area contributed by atoms with Crippen LogP contribution in [0.2, 0.25) is 0 Å². The molecule has 4 nitrogen and oxygen atoms in total. The molecule has 1 spiro atoms. The first kappa shape index (κ1) is 22.4. The number of halogens is 1. The summed E-state index contributed by atoms with van der Waals surface area (Å²) in [6.07, 6.45) is 6.05. The van der Waals surface area contributed by atoms with Gasteiger partial charge >= 0.3 is 0 Å². The van der Waals surface area contributed by atoms with Gasteiger partial charge in [0.2, 0.25) is 0 Å². The first-order valence-electron chi connectivity index (χ1n) is 13.0. The van der Waals surface area contributed by atoms with Crippen molar-refractivity contribution in [1.82, 2.24) is 5.32 Å². The maximum atomic E-state index is 13.6. The van der Waals surface area contributed by atoms with Crippen molar-refractivity contribution in [2.24, 2.45) is 5.41 Å². The maximum Gasteiger partial charge on any atom is 0.123 e. The lowest BCUT2D eigenvalue weighted by Crippen LogP contribution is -2.45. The number of benzene rings is 3. The van der Waals surface area contributed by atoms with Gasteiger partial charge in [0.1, 0.15) is 11.6 Å². The number of anilines is 2. The highest BCUT2D eigenvalue weighted by Gasteiger charge is 2.36. The van der Waals surface area contributed by atoms with Crippen LogP contribution >= 0.6 is 0 Å². The van der Waals surface area contributed by atoms with Crippen LogP contribution in [-0.4, -0.2) is 37.8 Å². The van der Waals surface area contributed by atoms with E-state index in [4.69, 9.17) is 0 Å². The van der Waals surface area contributed by atoms with Crippen molar-refractivity contribution in [3.05, 3.63) is 89.2 Å². The molecule has 3 heterocycles. The molecule has 6 rings (SSSR count). The van der Waals surface area contributed by atoms with Crippen LogP contribution in [0.3, 0.4) is 0 Å². The van der Waals surface area contributed by atoms with E-state index in [-0.39, 0.29) is 11.9 Å². The van der Waals surface area contributed by atoms with E-state index < -0.39 is 0 Å². The van der Waals surface area contributed by atoms with Crippen molar-refractivity contribution in [2.45, 2.75) is 38.1 Å². The number of hydrogen-bond donors (Lipinski definition) is 2. The number of aromatic hydroxyl groups is 1. The fourth-order valence-corrected chi connectivity index (χ4v) is 6.45. The molecule has 1 unspecified atom stereocenters. The number of piperidine rings is 2. The van der Waals surface area contributed by atoms with Crippen LogP contribution in [0.4, 0.5) is 15.8 Å². The van der Waals surface area contributed by atoms with Gasteiger partial charge in [-0.1, -0.05) is 18.2 Å². The van der Waals surface area contributed by atoms with Crippen LogP contribution in [0.25, 0.3) is 0 Å². The Hall–Kier alpha value is -3.05.